The van der Waals surface area contributed by atoms with Gasteiger partial charge in [-0.1, -0.05) is 6.92 Å². The first kappa shape index (κ1) is 14.7. The van der Waals surface area contributed by atoms with Crippen molar-refractivity contribution in [3.05, 3.63) is 51.5 Å². The fraction of sp³-hybridized carbons (Fsp3) is 0.286. The van der Waals surface area contributed by atoms with Crippen molar-refractivity contribution in [1.82, 2.24) is 15.1 Å². The topological polar surface area (TPSA) is 46.9 Å². The quantitative estimate of drug-likeness (QED) is 0.930. The molecular formula is C14H15BrFN3O. The zero-order valence-electron chi connectivity index (χ0n) is 11.3. The van der Waals surface area contributed by atoms with Crippen LogP contribution in [0, 0.1) is 5.82 Å². The normalized spacial score (nSPS) is 10.6. The van der Waals surface area contributed by atoms with Crippen LogP contribution in [0.1, 0.15) is 28.5 Å². The highest BCUT2D eigenvalue weighted by atomic mass is 79.9. The Kier molecular flexibility index (Phi) is 4.54. The summed E-state index contributed by atoms with van der Waals surface area (Å²) in [5, 5.41) is 7.13. The minimum Gasteiger partial charge on any atom is -0.348 e. The van der Waals surface area contributed by atoms with Gasteiger partial charge in [-0.3, -0.25) is 9.48 Å². The number of hydrogen-bond donors (Lipinski definition) is 1. The second-order valence-corrected chi connectivity index (χ2v) is 5.29. The van der Waals surface area contributed by atoms with Crippen molar-refractivity contribution in [1.29, 1.82) is 0 Å². The Balaban J connectivity index is 2.08. The Bertz CT molecular complexity index is 639. The molecule has 0 unspecified atom stereocenters. The molecule has 0 saturated heterocycles. The van der Waals surface area contributed by atoms with Gasteiger partial charge in [0.15, 0.2) is 0 Å². The summed E-state index contributed by atoms with van der Waals surface area (Å²) in [6.07, 6.45) is 2.70. The van der Waals surface area contributed by atoms with Gasteiger partial charge in [0.1, 0.15) is 5.82 Å². The van der Waals surface area contributed by atoms with Crippen molar-refractivity contribution in [2.45, 2.75) is 19.9 Å². The van der Waals surface area contributed by atoms with E-state index in [1.54, 1.807) is 4.68 Å². The van der Waals surface area contributed by atoms with Crippen molar-refractivity contribution < 1.29 is 9.18 Å². The number of halogens is 2. The average molecular weight is 340 g/mol. The fourth-order valence-electron chi connectivity index (χ4n) is 1.97. The van der Waals surface area contributed by atoms with Crippen molar-refractivity contribution in [3.63, 3.8) is 0 Å². The summed E-state index contributed by atoms with van der Waals surface area (Å²) in [4.78, 5) is 12.1. The van der Waals surface area contributed by atoms with Gasteiger partial charge in [-0.05, 0) is 40.5 Å². The SMILES string of the molecule is CCc1nn(C)cc1CNC(=O)c1ccc(F)cc1Br. The van der Waals surface area contributed by atoms with Crippen LogP contribution < -0.4 is 5.32 Å². The average Bonchev–Trinajstić information content (AvgIpc) is 2.76. The summed E-state index contributed by atoms with van der Waals surface area (Å²) in [7, 11) is 1.85. The lowest BCUT2D eigenvalue weighted by molar-refractivity contribution is 0.0950. The first-order valence-corrected chi connectivity index (χ1v) is 7.05. The van der Waals surface area contributed by atoms with Crippen LogP contribution in [0.2, 0.25) is 0 Å². The van der Waals surface area contributed by atoms with E-state index in [1.807, 2.05) is 20.2 Å². The van der Waals surface area contributed by atoms with E-state index in [2.05, 4.69) is 26.3 Å². The first-order valence-electron chi connectivity index (χ1n) is 6.26. The second-order valence-electron chi connectivity index (χ2n) is 4.44. The highest BCUT2D eigenvalue weighted by Crippen LogP contribution is 2.18. The van der Waals surface area contributed by atoms with Crippen LogP contribution in [0.25, 0.3) is 0 Å². The number of carbonyl (C=O) groups is 1. The molecule has 0 aliphatic rings. The molecule has 106 valence electrons. The molecule has 1 heterocycles. The van der Waals surface area contributed by atoms with Crippen LogP contribution >= 0.6 is 15.9 Å². The van der Waals surface area contributed by atoms with Crippen LogP contribution in [-0.2, 0) is 20.0 Å². The van der Waals surface area contributed by atoms with E-state index < -0.39 is 0 Å². The molecule has 2 aromatic rings. The lowest BCUT2D eigenvalue weighted by Crippen LogP contribution is -2.23. The molecule has 0 saturated carbocycles. The summed E-state index contributed by atoms with van der Waals surface area (Å²) in [6, 6.07) is 4.00. The third-order valence-electron chi connectivity index (χ3n) is 2.94. The maximum Gasteiger partial charge on any atom is 0.252 e. The van der Waals surface area contributed by atoms with E-state index in [4.69, 9.17) is 0 Å². The molecule has 1 aromatic heterocycles. The highest BCUT2D eigenvalue weighted by molar-refractivity contribution is 9.10. The molecule has 0 radical (unpaired) electrons. The van der Waals surface area contributed by atoms with Crippen molar-refractivity contribution in [3.8, 4) is 0 Å². The summed E-state index contributed by atoms with van der Waals surface area (Å²) >= 11 is 3.19. The number of benzene rings is 1. The van der Waals surface area contributed by atoms with Crippen LogP contribution in [0.5, 0.6) is 0 Å². The third kappa shape index (κ3) is 3.25. The molecule has 2 rings (SSSR count). The smallest absolute Gasteiger partial charge is 0.252 e. The summed E-state index contributed by atoms with van der Waals surface area (Å²) < 4.78 is 15.2. The first-order chi connectivity index (χ1) is 9.51. The summed E-state index contributed by atoms with van der Waals surface area (Å²) in [5.74, 6) is -0.628. The molecular weight excluding hydrogens is 325 g/mol. The van der Waals surface area contributed by atoms with E-state index in [-0.39, 0.29) is 11.7 Å². The molecule has 0 spiro atoms. The molecule has 1 aromatic carbocycles. The fourth-order valence-corrected chi connectivity index (χ4v) is 2.50. The van der Waals surface area contributed by atoms with Gasteiger partial charge in [0.05, 0.1) is 11.3 Å². The molecule has 6 heteroatoms. The molecule has 0 atom stereocenters. The van der Waals surface area contributed by atoms with E-state index in [0.29, 0.717) is 16.6 Å². The van der Waals surface area contributed by atoms with Crippen LogP contribution in [0.4, 0.5) is 4.39 Å². The Hall–Kier alpha value is -1.69. The molecule has 4 nitrogen and oxygen atoms in total. The zero-order chi connectivity index (χ0) is 14.7. The number of aryl methyl sites for hydroxylation is 2. The summed E-state index contributed by atoms with van der Waals surface area (Å²) in [6.45, 7) is 2.42. The predicted molar refractivity (Wildman–Crippen MR) is 77.9 cm³/mol. The van der Waals surface area contributed by atoms with Crippen molar-refractivity contribution in [2.75, 3.05) is 0 Å². The lowest BCUT2D eigenvalue weighted by atomic mass is 10.2. The minimum absolute atomic E-state index is 0.247. The van der Waals surface area contributed by atoms with Crippen molar-refractivity contribution in [2.24, 2.45) is 7.05 Å². The number of amides is 1. The van der Waals surface area contributed by atoms with E-state index in [9.17, 15) is 9.18 Å². The maximum atomic E-state index is 13.0. The molecule has 0 aliphatic heterocycles. The van der Waals surface area contributed by atoms with Crippen LogP contribution in [-0.4, -0.2) is 15.7 Å². The van der Waals surface area contributed by atoms with Gasteiger partial charge < -0.3 is 5.32 Å². The molecule has 0 fully saturated rings. The van der Waals surface area contributed by atoms with Gasteiger partial charge in [-0.2, -0.15) is 5.10 Å². The van der Waals surface area contributed by atoms with E-state index in [0.717, 1.165) is 17.7 Å². The second kappa shape index (κ2) is 6.17. The predicted octanol–water partition coefficient (Wildman–Crippen LogP) is 2.81. The number of nitrogens with zero attached hydrogens (tertiary/aromatic N) is 2. The van der Waals surface area contributed by atoms with Gasteiger partial charge >= 0.3 is 0 Å². The highest BCUT2D eigenvalue weighted by Gasteiger charge is 2.12. The van der Waals surface area contributed by atoms with Crippen LogP contribution in [0.3, 0.4) is 0 Å². The Labute approximate surface area is 125 Å². The molecule has 0 aliphatic carbocycles. The standard InChI is InChI=1S/C14H15BrFN3O/c1-3-13-9(8-19(2)18-13)7-17-14(20)11-5-4-10(16)6-12(11)15/h4-6,8H,3,7H2,1-2H3,(H,17,20). The molecule has 1 amide bonds. The lowest BCUT2D eigenvalue weighted by Gasteiger charge is -2.06. The van der Waals surface area contributed by atoms with Gasteiger partial charge in [0.25, 0.3) is 5.91 Å². The Morgan fingerprint density at radius 2 is 2.25 bits per heavy atom. The largest absolute Gasteiger partial charge is 0.348 e. The Morgan fingerprint density at radius 3 is 2.90 bits per heavy atom. The number of nitrogens with one attached hydrogen (secondary N) is 1. The Morgan fingerprint density at radius 1 is 1.50 bits per heavy atom. The zero-order valence-corrected chi connectivity index (χ0v) is 12.9. The van der Waals surface area contributed by atoms with Crippen LogP contribution in [0.15, 0.2) is 28.9 Å². The number of rotatable bonds is 4. The molecule has 0 bridgehead atoms. The number of carbonyl (C=O) groups excluding carboxylic acids is 1. The monoisotopic (exact) mass is 339 g/mol. The van der Waals surface area contributed by atoms with Gasteiger partial charge in [-0.25, -0.2) is 4.39 Å². The van der Waals surface area contributed by atoms with E-state index >= 15 is 0 Å². The maximum absolute atomic E-state index is 13.0. The van der Waals surface area contributed by atoms with Crippen molar-refractivity contribution >= 4 is 21.8 Å². The van der Waals surface area contributed by atoms with Gasteiger partial charge in [0, 0.05) is 29.8 Å². The number of hydrogen-bond acceptors (Lipinski definition) is 2. The third-order valence-corrected chi connectivity index (χ3v) is 3.60. The minimum atomic E-state index is -0.381. The molecule has 1 N–H and O–H groups in total. The summed E-state index contributed by atoms with van der Waals surface area (Å²) in [5.41, 5.74) is 2.36. The number of aromatic nitrogens is 2. The van der Waals surface area contributed by atoms with E-state index in [1.165, 1.54) is 18.2 Å². The van der Waals surface area contributed by atoms with Gasteiger partial charge in [-0.15, -0.1) is 0 Å². The molecule has 20 heavy (non-hydrogen) atoms. The van der Waals surface area contributed by atoms with Gasteiger partial charge in [0.2, 0.25) is 0 Å².